The van der Waals surface area contributed by atoms with Gasteiger partial charge in [0.1, 0.15) is 5.82 Å². The number of anilines is 2. The molecule has 0 unspecified atom stereocenters. The molecule has 1 aliphatic heterocycles. The van der Waals surface area contributed by atoms with Crippen LogP contribution in [0.15, 0.2) is 42.6 Å². The summed E-state index contributed by atoms with van der Waals surface area (Å²) in [6.07, 6.45) is 1.61. The van der Waals surface area contributed by atoms with Crippen molar-refractivity contribution in [1.82, 2.24) is 9.88 Å². The highest BCUT2D eigenvalue weighted by Crippen LogP contribution is 2.33. The number of rotatable bonds is 3. The summed E-state index contributed by atoms with van der Waals surface area (Å²) in [5.41, 5.74) is 1.14. The standard InChI is InChI=1S/C16H16N4O3/c1-11(2)18-10-19(12-5-3-6-13(9-12)20(22)23)15-14(16(18)21)7-4-8-17-15/h3-9,11H,10H2,1-2H3. The minimum absolute atomic E-state index is 0.00739. The van der Waals surface area contributed by atoms with Crippen molar-refractivity contribution >= 4 is 23.1 Å². The number of aromatic nitrogens is 1. The Morgan fingerprint density at radius 3 is 2.74 bits per heavy atom. The maximum Gasteiger partial charge on any atom is 0.271 e. The first-order valence-electron chi connectivity index (χ1n) is 7.27. The third-order valence-electron chi connectivity index (χ3n) is 3.80. The SMILES string of the molecule is CC(C)N1CN(c2cccc([N+](=O)[O-])c2)c2ncccc2C1=O. The molecule has 2 heterocycles. The minimum atomic E-state index is -0.432. The van der Waals surface area contributed by atoms with Crippen LogP contribution in [0.25, 0.3) is 0 Å². The lowest BCUT2D eigenvalue weighted by Crippen LogP contribution is -2.48. The number of carbonyl (C=O) groups excluding carboxylic acids is 1. The van der Waals surface area contributed by atoms with Crippen molar-refractivity contribution < 1.29 is 9.72 Å². The maximum absolute atomic E-state index is 12.6. The van der Waals surface area contributed by atoms with Crippen LogP contribution in [0.5, 0.6) is 0 Å². The second-order valence-corrected chi connectivity index (χ2v) is 5.59. The molecule has 0 saturated carbocycles. The average molecular weight is 312 g/mol. The zero-order chi connectivity index (χ0) is 16.6. The zero-order valence-corrected chi connectivity index (χ0v) is 12.8. The summed E-state index contributed by atoms with van der Waals surface area (Å²) in [4.78, 5) is 31.0. The Morgan fingerprint density at radius 2 is 2.04 bits per heavy atom. The minimum Gasteiger partial charge on any atom is -0.318 e. The van der Waals surface area contributed by atoms with Gasteiger partial charge < -0.3 is 9.80 Å². The van der Waals surface area contributed by atoms with E-state index >= 15 is 0 Å². The lowest BCUT2D eigenvalue weighted by molar-refractivity contribution is -0.384. The number of benzene rings is 1. The quantitative estimate of drug-likeness (QED) is 0.643. The summed E-state index contributed by atoms with van der Waals surface area (Å²) in [5.74, 6) is 0.444. The topological polar surface area (TPSA) is 79.6 Å². The van der Waals surface area contributed by atoms with Gasteiger partial charge in [0.25, 0.3) is 11.6 Å². The lowest BCUT2D eigenvalue weighted by atomic mass is 10.1. The van der Waals surface area contributed by atoms with E-state index in [1.165, 1.54) is 12.1 Å². The number of hydrogen-bond acceptors (Lipinski definition) is 5. The third kappa shape index (κ3) is 2.61. The number of pyridine rings is 1. The first kappa shape index (κ1) is 15.0. The molecule has 0 saturated heterocycles. The Kier molecular flexibility index (Phi) is 3.69. The number of nitro benzene ring substituents is 1. The van der Waals surface area contributed by atoms with Gasteiger partial charge in [0, 0.05) is 24.4 Å². The molecule has 0 aliphatic carbocycles. The summed E-state index contributed by atoms with van der Waals surface area (Å²) in [7, 11) is 0. The van der Waals surface area contributed by atoms with E-state index in [2.05, 4.69) is 4.98 Å². The van der Waals surface area contributed by atoms with Gasteiger partial charge in [-0.25, -0.2) is 4.98 Å². The Morgan fingerprint density at radius 1 is 1.26 bits per heavy atom. The number of fused-ring (bicyclic) bond motifs is 1. The van der Waals surface area contributed by atoms with Gasteiger partial charge in [0.15, 0.2) is 0 Å². The molecule has 0 bridgehead atoms. The van der Waals surface area contributed by atoms with Crippen molar-refractivity contribution in [3.63, 3.8) is 0 Å². The largest absolute Gasteiger partial charge is 0.318 e. The molecule has 23 heavy (non-hydrogen) atoms. The van der Waals surface area contributed by atoms with E-state index in [-0.39, 0.29) is 17.6 Å². The molecular formula is C16H16N4O3. The molecule has 1 amide bonds. The molecule has 7 nitrogen and oxygen atoms in total. The molecule has 0 N–H and O–H groups in total. The van der Waals surface area contributed by atoms with Gasteiger partial charge in [0.05, 0.1) is 22.8 Å². The summed E-state index contributed by atoms with van der Waals surface area (Å²) < 4.78 is 0. The van der Waals surface area contributed by atoms with Crippen molar-refractivity contribution in [1.29, 1.82) is 0 Å². The molecule has 0 atom stereocenters. The van der Waals surface area contributed by atoms with Crippen molar-refractivity contribution in [2.45, 2.75) is 19.9 Å². The van der Waals surface area contributed by atoms with Gasteiger partial charge in [-0.05, 0) is 32.0 Å². The van der Waals surface area contributed by atoms with Crippen molar-refractivity contribution in [2.24, 2.45) is 0 Å². The monoisotopic (exact) mass is 312 g/mol. The van der Waals surface area contributed by atoms with Crippen molar-refractivity contribution in [3.05, 3.63) is 58.3 Å². The predicted molar refractivity (Wildman–Crippen MR) is 85.6 cm³/mol. The van der Waals surface area contributed by atoms with Crippen LogP contribution in [0.1, 0.15) is 24.2 Å². The second kappa shape index (κ2) is 5.68. The Labute approximate surface area is 133 Å². The molecule has 0 radical (unpaired) electrons. The van der Waals surface area contributed by atoms with E-state index in [0.29, 0.717) is 23.7 Å². The van der Waals surface area contributed by atoms with Crippen molar-refractivity contribution in [3.8, 4) is 0 Å². The van der Waals surface area contributed by atoms with E-state index in [1.54, 1.807) is 35.4 Å². The fourth-order valence-electron chi connectivity index (χ4n) is 2.59. The molecule has 118 valence electrons. The molecule has 7 heteroatoms. The summed E-state index contributed by atoms with van der Waals surface area (Å²) in [6, 6.07) is 9.80. The molecular weight excluding hydrogens is 296 g/mol. The van der Waals surface area contributed by atoms with Crippen LogP contribution in [0.4, 0.5) is 17.2 Å². The molecule has 1 aliphatic rings. The number of non-ortho nitro benzene ring substituents is 1. The molecule has 1 aromatic carbocycles. The normalized spacial score (nSPS) is 14.1. The van der Waals surface area contributed by atoms with Crippen LogP contribution in [0.3, 0.4) is 0 Å². The summed E-state index contributed by atoms with van der Waals surface area (Å²) in [6.45, 7) is 4.18. The fraction of sp³-hybridized carbons (Fsp3) is 0.250. The second-order valence-electron chi connectivity index (χ2n) is 5.59. The number of nitro groups is 1. The van der Waals surface area contributed by atoms with Gasteiger partial charge in [0.2, 0.25) is 0 Å². The summed E-state index contributed by atoms with van der Waals surface area (Å²) in [5, 5.41) is 11.0. The van der Waals surface area contributed by atoms with Gasteiger partial charge in [-0.3, -0.25) is 14.9 Å². The van der Waals surface area contributed by atoms with E-state index in [9.17, 15) is 14.9 Å². The maximum atomic E-state index is 12.6. The number of hydrogen-bond donors (Lipinski definition) is 0. The Bertz CT molecular complexity index is 775. The van der Waals surface area contributed by atoms with Gasteiger partial charge in [-0.2, -0.15) is 0 Å². The zero-order valence-electron chi connectivity index (χ0n) is 12.8. The van der Waals surface area contributed by atoms with Gasteiger partial charge >= 0.3 is 0 Å². The van der Waals surface area contributed by atoms with Gasteiger partial charge in [-0.15, -0.1) is 0 Å². The fourth-order valence-corrected chi connectivity index (χ4v) is 2.59. The van der Waals surface area contributed by atoms with E-state index in [4.69, 9.17) is 0 Å². The van der Waals surface area contributed by atoms with E-state index < -0.39 is 4.92 Å². The van der Waals surface area contributed by atoms with E-state index in [1.807, 2.05) is 18.7 Å². The molecule has 0 fully saturated rings. The smallest absolute Gasteiger partial charge is 0.271 e. The molecule has 0 spiro atoms. The van der Waals surface area contributed by atoms with Crippen LogP contribution in [-0.2, 0) is 0 Å². The molecule has 2 aromatic rings. The van der Waals surface area contributed by atoms with Crippen LogP contribution < -0.4 is 4.90 Å². The van der Waals surface area contributed by atoms with Gasteiger partial charge in [-0.1, -0.05) is 6.07 Å². The predicted octanol–water partition coefficient (Wildman–Crippen LogP) is 2.95. The highest BCUT2D eigenvalue weighted by atomic mass is 16.6. The van der Waals surface area contributed by atoms with Crippen LogP contribution in [0, 0.1) is 10.1 Å². The van der Waals surface area contributed by atoms with E-state index in [0.717, 1.165) is 0 Å². The van der Waals surface area contributed by atoms with Crippen LogP contribution >= 0.6 is 0 Å². The highest BCUT2D eigenvalue weighted by Gasteiger charge is 2.32. The lowest BCUT2D eigenvalue weighted by Gasteiger charge is -2.39. The molecule has 1 aromatic heterocycles. The number of amides is 1. The average Bonchev–Trinajstić information content (AvgIpc) is 2.55. The number of nitrogens with zero attached hydrogens (tertiary/aromatic N) is 4. The molecule has 3 rings (SSSR count). The number of carbonyl (C=O) groups is 1. The highest BCUT2D eigenvalue weighted by molar-refractivity contribution is 6.01. The first-order chi connectivity index (χ1) is 11.0. The summed E-state index contributed by atoms with van der Waals surface area (Å²) >= 11 is 0. The third-order valence-corrected chi connectivity index (χ3v) is 3.80. The Balaban J connectivity index is 2.11. The van der Waals surface area contributed by atoms with Crippen molar-refractivity contribution in [2.75, 3.05) is 11.6 Å². The van der Waals surface area contributed by atoms with Crippen LogP contribution in [-0.4, -0.2) is 33.4 Å². The van der Waals surface area contributed by atoms with Crippen LogP contribution in [0.2, 0.25) is 0 Å². The Hall–Kier alpha value is -2.96. The first-order valence-corrected chi connectivity index (χ1v) is 7.27.